The number of sulfone groups is 1. The van der Waals surface area contributed by atoms with E-state index < -0.39 is 9.84 Å². The fourth-order valence-corrected chi connectivity index (χ4v) is 3.37. The standard InChI is InChI=1S/C11H18N2O2S2/c1-17(14,15)8-7-16-6-5-13-10-11-3-2-4-12-9-11/h2-4,9,13H,5-8,10H2,1H3. The molecule has 17 heavy (non-hydrogen) atoms. The number of rotatable bonds is 8. The third-order valence-electron chi connectivity index (χ3n) is 2.07. The van der Waals surface area contributed by atoms with E-state index >= 15 is 0 Å². The lowest BCUT2D eigenvalue weighted by molar-refractivity contribution is 0.603. The van der Waals surface area contributed by atoms with Gasteiger partial charge >= 0.3 is 0 Å². The van der Waals surface area contributed by atoms with Gasteiger partial charge in [-0.3, -0.25) is 4.98 Å². The van der Waals surface area contributed by atoms with Gasteiger partial charge in [-0.2, -0.15) is 11.8 Å². The van der Waals surface area contributed by atoms with Gasteiger partial charge in [-0.1, -0.05) is 6.07 Å². The summed E-state index contributed by atoms with van der Waals surface area (Å²) in [7, 11) is -2.81. The molecule has 0 aliphatic carbocycles. The highest BCUT2D eigenvalue weighted by Gasteiger charge is 2.00. The lowest BCUT2D eigenvalue weighted by Gasteiger charge is -2.04. The van der Waals surface area contributed by atoms with Crippen molar-refractivity contribution in [3.05, 3.63) is 30.1 Å². The van der Waals surface area contributed by atoms with Gasteiger partial charge in [-0.05, 0) is 11.6 Å². The maximum Gasteiger partial charge on any atom is 0.148 e. The van der Waals surface area contributed by atoms with E-state index in [2.05, 4.69) is 10.3 Å². The molecule has 0 radical (unpaired) electrons. The largest absolute Gasteiger partial charge is 0.312 e. The molecule has 0 aliphatic rings. The van der Waals surface area contributed by atoms with E-state index in [1.54, 1.807) is 18.0 Å². The Morgan fingerprint density at radius 3 is 2.88 bits per heavy atom. The van der Waals surface area contributed by atoms with Crippen LogP contribution in [0.25, 0.3) is 0 Å². The van der Waals surface area contributed by atoms with Crippen molar-refractivity contribution in [1.29, 1.82) is 0 Å². The summed E-state index contributed by atoms with van der Waals surface area (Å²) in [5, 5.41) is 3.29. The zero-order valence-electron chi connectivity index (χ0n) is 9.93. The summed E-state index contributed by atoms with van der Waals surface area (Å²) in [6.07, 6.45) is 4.86. The number of hydrogen-bond donors (Lipinski definition) is 1. The summed E-state index contributed by atoms with van der Waals surface area (Å²) < 4.78 is 21.7. The minimum absolute atomic E-state index is 0.264. The molecule has 1 N–H and O–H groups in total. The second-order valence-electron chi connectivity index (χ2n) is 3.78. The van der Waals surface area contributed by atoms with Crippen LogP contribution in [0.4, 0.5) is 0 Å². The van der Waals surface area contributed by atoms with Crippen molar-refractivity contribution in [2.75, 3.05) is 30.1 Å². The molecule has 4 nitrogen and oxygen atoms in total. The van der Waals surface area contributed by atoms with E-state index in [0.29, 0.717) is 5.75 Å². The second kappa shape index (κ2) is 7.68. The fraction of sp³-hybridized carbons (Fsp3) is 0.545. The van der Waals surface area contributed by atoms with Gasteiger partial charge in [0.15, 0.2) is 0 Å². The van der Waals surface area contributed by atoms with Crippen molar-refractivity contribution >= 4 is 21.6 Å². The molecule has 0 aliphatic heterocycles. The summed E-state index contributed by atoms with van der Waals surface area (Å²) in [5.41, 5.74) is 1.16. The minimum atomic E-state index is -2.81. The Morgan fingerprint density at radius 1 is 1.41 bits per heavy atom. The van der Waals surface area contributed by atoms with E-state index in [1.807, 2.05) is 18.3 Å². The summed E-state index contributed by atoms with van der Waals surface area (Å²) in [6, 6.07) is 3.94. The smallest absolute Gasteiger partial charge is 0.148 e. The Hall–Kier alpha value is -0.590. The molecule has 96 valence electrons. The van der Waals surface area contributed by atoms with E-state index in [-0.39, 0.29) is 5.75 Å². The maximum absolute atomic E-state index is 10.9. The van der Waals surface area contributed by atoms with Crippen molar-refractivity contribution < 1.29 is 8.42 Å². The van der Waals surface area contributed by atoms with Gasteiger partial charge in [0.05, 0.1) is 5.75 Å². The first-order valence-electron chi connectivity index (χ1n) is 5.43. The number of nitrogens with one attached hydrogen (secondary N) is 1. The predicted octanol–water partition coefficient (Wildman–Crippen LogP) is 0.949. The lowest BCUT2D eigenvalue weighted by Crippen LogP contribution is -2.17. The molecule has 6 heteroatoms. The molecule has 0 fully saturated rings. The highest BCUT2D eigenvalue weighted by molar-refractivity contribution is 8.00. The lowest BCUT2D eigenvalue weighted by atomic mass is 10.3. The van der Waals surface area contributed by atoms with Gasteiger partial charge in [0, 0.05) is 43.2 Å². The van der Waals surface area contributed by atoms with Crippen molar-refractivity contribution in [3.8, 4) is 0 Å². The number of aromatic nitrogens is 1. The average Bonchev–Trinajstić information content (AvgIpc) is 2.28. The van der Waals surface area contributed by atoms with Crippen LogP contribution < -0.4 is 5.32 Å². The molecule has 0 bridgehead atoms. The molecule has 1 heterocycles. The van der Waals surface area contributed by atoms with Crippen LogP contribution in [0.2, 0.25) is 0 Å². The van der Waals surface area contributed by atoms with Crippen molar-refractivity contribution in [3.63, 3.8) is 0 Å². The van der Waals surface area contributed by atoms with Crippen LogP contribution in [0.3, 0.4) is 0 Å². The van der Waals surface area contributed by atoms with E-state index in [0.717, 1.165) is 24.4 Å². The monoisotopic (exact) mass is 274 g/mol. The van der Waals surface area contributed by atoms with E-state index in [9.17, 15) is 8.42 Å². The first-order valence-corrected chi connectivity index (χ1v) is 8.64. The number of pyridine rings is 1. The van der Waals surface area contributed by atoms with Gasteiger partial charge in [0.1, 0.15) is 9.84 Å². The van der Waals surface area contributed by atoms with Gasteiger partial charge in [-0.15, -0.1) is 0 Å². The van der Waals surface area contributed by atoms with Gasteiger partial charge in [0.2, 0.25) is 0 Å². The molecular formula is C11H18N2O2S2. The van der Waals surface area contributed by atoms with Crippen LogP contribution in [0.1, 0.15) is 5.56 Å². The molecule has 0 spiro atoms. The van der Waals surface area contributed by atoms with Gasteiger partial charge in [0.25, 0.3) is 0 Å². The molecule has 0 saturated heterocycles. The van der Waals surface area contributed by atoms with Gasteiger partial charge in [-0.25, -0.2) is 8.42 Å². The molecule has 1 aromatic rings. The van der Waals surface area contributed by atoms with Crippen LogP contribution >= 0.6 is 11.8 Å². The predicted molar refractivity (Wildman–Crippen MR) is 73.0 cm³/mol. The van der Waals surface area contributed by atoms with Crippen molar-refractivity contribution in [2.24, 2.45) is 0 Å². The van der Waals surface area contributed by atoms with Crippen molar-refractivity contribution in [2.45, 2.75) is 6.54 Å². The first-order chi connectivity index (χ1) is 8.08. The SMILES string of the molecule is CS(=O)(=O)CCSCCNCc1cccnc1. The molecule has 1 aromatic heterocycles. The van der Waals surface area contributed by atoms with Crippen LogP contribution in [-0.2, 0) is 16.4 Å². The first kappa shape index (κ1) is 14.5. The zero-order valence-corrected chi connectivity index (χ0v) is 11.6. The normalized spacial score (nSPS) is 11.6. The second-order valence-corrected chi connectivity index (χ2v) is 7.26. The Morgan fingerprint density at radius 2 is 2.24 bits per heavy atom. The zero-order chi connectivity index (χ0) is 12.6. The molecule has 0 aromatic carbocycles. The molecular weight excluding hydrogens is 256 g/mol. The fourth-order valence-electron chi connectivity index (χ4n) is 1.19. The van der Waals surface area contributed by atoms with Crippen molar-refractivity contribution in [1.82, 2.24) is 10.3 Å². The average molecular weight is 274 g/mol. The molecule has 1 rings (SSSR count). The van der Waals surface area contributed by atoms with Crippen LogP contribution in [0, 0.1) is 0 Å². The van der Waals surface area contributed by atoms with Crippen LogP contribution in [0.5, 0.6) is 0 Å². The quantitative estimate of drug-likeness (QED) is 0.715. The summed E-state index contributed by atoms with van der Waals surface area (Å²) >= 11 is 1.66. The van der Waals surface area contributed by atoms with Gasteiger partial charge < -0.3 is 5.32 Å². The Kier molecular flexibility index (Phi) is 6.54. The molecule has 0 saturated carbocycles. The topological polar surface area (TPSA) is 59.1 Å². The minimum Gasteiger partial charge on any atom is -0.312 e. The number of hydrogen-bond acceptors (Lipinski definition) is 5. The summed E-state index contributed by atoms with van der Waals surface area (Å²) in [6.45, 7) is 1.68. The summed E-state index contributed by atoms with van der Waals surface area (Å²) in [4.78, 5) is 4.03. The van der Waals surface area contributed by atoms with E-state index in [1.165, 1.54) is 6.26 Å². The van der Waals surface area contributed by atoms with E-state index in [4.69, 9.17) is 0 Å². The highest BCUT2D eigenvalue weighted by atomic mass is 32.2. The Labute approximate surface area is 107 Å². The summed E-state index contributed by atoms with van der Waals surface area (Å²) in [5.74, 6) is 1.86. The molecule has 0 amide bonds. The number of nitrogens with zero attached hydrogens (tertiary/aromatic N) is 1. The Bertz CT molecular complexity index is 407. The Balaban J connectivity index is 1.99. The molecule has 0 unspecified atom stereocenters. The third kappa shape index (κ3) is 8.18. The number of thioether (sulfide) groups is 1. The van der Waals surface area contributed by atoms with Crippen LogP contribution in [-0.4, -0.2) is 43.5 Å². The third-order valence-corrected chi connectivity index (χ3v) is 4.26. The molecule has 0 atom stereocenters. The van der Waals surface area contributed by atoms with Crippen LogP contribution in [0.15, 0.2) is 24.5 Å². The maximum atomic E-state index is 10.9. The highest BCUT2D eigenvalue weighted by Crippen LogP contribution is 2.00.